The zero-order chi connectivity index (χ0) is 21.9. The van der Waals surface area contributed by atoms with E-state index in [1.165, 1.54) is 16.3 Å². The number of fused-ring (bicyclic) bond motifs is 3. The fourth-order valence-electron chi connectivity index (χ4n) is 4.56. The minimum Gasteiger partial charge on any atom is -0.489 e. The summed E-state index contributed by atoms with van der Waals surface area (Å²) in [6.45, 7) is 4.89. The quantitative estimate of drug-likeness (QED) is 0.335. The maximum absolute atomic E-state index is 13.0. The van der Waals surface area contributed by atoms with E-state index in [0.29, 0.717) is 19.6 Å². The second-order valence-electron chi connectivity index (χ2n) is 8.11. The number of anilines is 1. The third-order valence-corrected chi connectivity index (χ3v) is 6.11. The van der Waals surface area contributed by atoms with Crippen LogP contribution in [0.3, 0.4) is 0 Å². The molecule has 1 aliphatic heterocycles. The van der Waals surface area contributed by atoms with Crippen molar-refractivity contribution < 1.29 is 9.53 Å². The zero-order valence-electron chi connectivity index (χ0n) is 17.9. The summed E-state index contributed by atoms with van der Waals surface area (Å²) in [7, 11) is 0. The predicted molar refractivity (Wildman–Crippen MR) is 130 cm³/mol. The highest BCUT2D eigenvalue weighted by atomic mass is 16.5. The van der Waals surface area contributed by atoms with Crippen LogP contribution in [0.5, 0.6) is 5.75 Å². The molecule has 3 nitrogen and oxygen atoms in total. The van der Waals surface area contributed by atoms with Gasteiger partial charge < -0.3 is 9.64 Å². The van der Waals surface area contributed by atoms with Crippen molar-refractivity contribution in [3.05, 3.63) is 120 Å². The van der Waals surface area contributed by atoms with Crippen LogP contribution in [0.2, 0.25) is 0 Å². The fraction of sp³-hybridized carbons (Fsp3) is 0.138. The van der Waals surface area contributed by atoms with Gasteiger partial charge in [-0.1, -0.05) is 78.9 Å². The SMILES string of the molecule is C=CCN1C(=O)CC(c2ccc(OCc3ccccc3)cc2)c2c1ccc1ccccc21. The Hall–Kier alpha value is -3.85. The lowest BCUT2D eigenvalue weighted by Gasteiger charge is -2.35. The largest absolute Gasteiger partial charge is 0.489 e. The summed E-state index contributed by atoms with van der Waals surface area (Å²) in [6.07, 6.45) is 2.23. The maximum Gasteiger partial charge on any atom is 0.228 e. The molecule has 158 valence electrons. The maximum atomic E-state index is 13.0. The highest BCUT2D eigenvalue weighted by molar-refractivity contribution is 6.03. The van der Waals surface area contributed by atoms with Gasteiger partial charge in [0, 0.05) is 24.6 Å². The Balaban J connectivity index is 1.49. The number of hydrogen-bond donors (Lipinski definition) is 0. The summed E-state index contributed by atoms with van der Waals surface area (Å²) in [5.74, 6) is 0.959. The van der Waals surface area contributed by atoms with Gasteiger partial charge in [-0.25, -0.2) is 0 Å². The van der Waals surface area contributed by atoms with Crippen molar-refractivity contribution in [2.75, 3.05) is 11.4 Å². The van der Waals surface area contributed by atoms with Gasteiger partial charge in [-0.3, -0.25) is 4.79 Å². The van der Waals surface area contributed by atoms with Crippen LogP contribution in [0.1, 0.15) is 29.0 Å². The Labute approximate surface area is 188 Å². The molecule has 0 fully saturated rings. The van der Waals surface area contributed by atoms with Gasteiger partial charge in [-0.2, -0.15) is 0 Å². The Morgan fingerprint density at radius 2 is 1.66 bits per heavy atom. The molecule has 0 N–H and O–H groups in total. The number of benzene rings is 4. The summed E-state index contributed by atoms with van der Waals surface area (Å²) in [5.41, 5.74) is 4.45. The van der Waals surface area contributed by atoms with Gasteiger partial charge in [0.25, 0.3) is 0 Å². The lowest BCUT2D eigenvalue weighted by atomic mass is 9.81. The molecule has 0 saturated heterocycles. The molecular formula is C29H25NO2. The molecule has 4 aromatic carbocycles. The lowest BCUT2D eigenvalue weighted by molar-refractivity contribution is -0.119. The van der Waals surface area contributed by atoms with Gasteiger partial charge in [0.05, 0.1) is 0 Å². The van der Waals surface area contributed by atoms with Crippen LogP contribution in [0, 0.1) is 0 Å². The molecule has 0 aliphatic carbocycles. The summed E-state index contributed by atoms with van der Waals surface area (Å²) in [5, 5.41) is 2.38. The molecule has 1 amide bonds. The molecule has 1 heterocycles. The highest BCUT2D eigenvalue weighted by Crippen LogP contribution is 2.44. The van der Waals surface area contributed by atoms with Gasteiger partial charge in [-0.05, 0) is 45.7 Å². The second kappa shape index (κ2) is 8.72. The third-order valence-electron chi connectivity index (χ3n) is 6.11. The fourth-order valence-corrected chi connectivity index (χ4v) is 4.56. The highest BCUT2D eigenvalue weighted by Gasteiger charge is 2.33. The molecule has 32 heavy (non-hydrogen) atoms. The van der Waals surface area contributed by atoms with Crippen molar-refractivity contribution in [1.82, 2.24) is 0 Å². The average molecular weight is 420 g/mol. The van der Waals surface area contributed by atoms with Crippen LogP contribution >= 0.6 is 0 Å². The van der Waals surface area contributed by atoms with Gasteiger partial charge >= 0.3 is 0 Å². The summed E-state index contributed by atoms with van der Waals surface area (Å²) >= 11 is 0. The summed E-state index contributed by atoms with van der Waals surface area (Å²) in [6, 6.07) is 30.9. The van der Waals surface area contributed by atoms with E-state index < -0.39 is 0 Å². The average Bonchev–Trinajstić information content (AvgIpc) is 2.85. The molecule has 0 saturated carbocycles. The standard InChI is InChI=1S/C29H25NO2/c1-2-18-30-27-17-14-22-10-6-7-11-25(22)29(27)26(19-28(30)31)23-12-15-24(16-13-23)32-20-21-8-4-3-5-9-21/h2-17,26H,1,18-20H2. The van der Waals surface area contributed by atoms with Crippen LogP contribution < -0.4 is 9.64 Å². The monoisotopic (exact) mass is 419 g/mol. The Morgan fingerprint density at radius 3 is 2.44 bits per heavy atom. The normalized spacial score (nSPS) is 15.4. The number of nitrogens with zero attached hydrogens (tertiary/aromatic N) is 1. The number of carbonyl (C=O) groups is 1. The first-order valence-corrected chi connectivity index (χ1v) is 10.9. The molecule has 5 rings (SSSR count). The van der Waals surface area contributed by atoms with E-state index in [1.54, 1.807) is 6.08 Å². The smallest absolute Gasteiger partial charge is 0.228 e. The summed E-state index contributed by atoms with van der Waals surface area (Å²) < 4.78 is 5.96. The van der Waals surface area contributed by atoms with Crippen LogP contribution in [0.15, 0.2) is 104 Å². The molecule has 0 bridgehead atoms. The van der Waals surface area contributed by atoms with Gasteiger partial charge in [-0.15, -0.1) is 6.58 Å². The van der Waals surface area contributed by atoms with E-state index in [1.807, 2.05) is 35.2 Å². The number of amides is 1. The van der Waals surface area contributed by atoms with Crippen molar-refractivity contribution in [3.63, 3.8) is 0 Å². The Morgan fingerprint density at radius 1 is 0.906 bits per heavy atom. The number of hydrogen-bond acceptors (Lipinski definition) is 2. The van der Waals surface area contributed by atoms with E-state index in [0.717, 1.165) is 22.6 Å². The molecule has 3 heteroatoms. The number of carbonyl (C=O) groups excluding carboxylic acids is 1. The second-order valence-corrected chi connectivity index (χ2v) is 8.11. The van der Waals surface area contributed by atoms with Crippen molar-refractivity contribution in [2.45, 2.75) is 18.9 Å². The first-order valence-electron chi connectivity index (χ1n) is 10.9. The molecule has 1 atom stereocenters. The third kappa shape index (κ3) is 3.78. The minimum absolute atomic E-state index is 0.00726. The van der Waals surface area contributed by atoms with Crippen molar-refractivity contribution in [3.8, 4) is 5.75 Å². The Bertz CT molecular complexity index is 1260. The van der Waals surface area contributed by atoms with E-state index in [9.17, 15) is 4.79 Å². The topological polar surface area (TPSA) is 29.5 Å². The predicted octanol–water partition coefficient (Wildman–Crippen LogP) is 6.47. The number of rotatable bonds is 6. The molecule has 4 aromatic rings. The molecule has 1 aliphatic rings. The van der Waals surface area contributed by atoms with Crippen molar-refractivity contribution >= 4 is 22.4 Å². The summed E-state index contributed by atoms with van der Waals surface area (Å²) in [4.78, 5) is 14.9. The zero-order valence-corrected chi connectivity index (χ0v) is 17.9. The van der Waals surface area contributed by atoms with E-state index >= 15 is 0 Å². The first kappa shape index (κ1) is 20.1. The lowest BCUT2D eigenvalue weighted by Crippen LogP contribution is -2.37. The molecule has 0 aromatic heterocycles. The van der Waals surface area contributed by atoms with Gasteiger partial charge in [0.1, 0.15) is 12.4 Å². The molecular weight excluding hydrogens is 394 g/mol. The molecule has 1 unspecified atom stereocenters. The molecule has 0 radical (unpaired) electrons. The molecule has 0 spiro atoms. The van der Waals surface area contributed by atoms with Crippen molar-refractivity contribution in [2.24, 2.45) is 0 Å². The van der Waals surface area contributed by atoms with Crippen LogP contribution in [0.4, 0.5) is 5.69 Å². The van der Waals surface area contributed by atoms with E-state index in [4.69, 9.17) is 4.74 Å². The van der Waals surface area contributed by atoms with Crippen LogP contribution in [0.25, 0.3) is 10.8 Å². The van der Waals surface area contributed by atoms with Crippen LogP contribution in [-0.2, 0) is 11.4 Å². The van der Waals surface area contributed by atoms with Gasteiger partial charge in [0.2, 0.25) is 5.91 Å². The van der Waals surface area contributed by atoms with E-state index in [-0.39, 0.29) is 11.8 Å². The Kier molecular flexibility index (Phi) is 5.47. The van der Waals surface area contributed by atoms with Gasteiger partial charge in [0.15, 0.2) is 0 Å². The van der Waals surface area contributed by atoms with Crippen LogP contribution in [-0.4, -0.2) is 12.5 Å². The van der Waals surface area contributed by atoms with Crippen molar-refractivity contribution in [1.29, 1.82) is 0 Å². The van der Waals surface area contributed by atoms with E-state index in [2.05, 4.69) is 67.2 Å². The minimum atomic E-state index is 0.00726. The number of ether oxygens (including phenoxy) is 1. The first-order chi connectivity index (χ1) is 15.7.